The van der Waals surface area contributed by atoms with Gasteiger partial charge in [0, 0.05) is 19.7 Å². The van der Waals surface area contributed by atoms with Crippen molar-refractivity contribution in [2.45, 2.75) is 53.2 Å². The lowest BCUT2D eigenvalue weighted by Gasteiger charge is -2.33. The maximum absolute atomic E-state index is 11.6. The lowest BCUT2D eigenvalue weighted by Crippen LogP contribution is -2.41. The van der Waals surface area contributed by atoms with Gasteiger partial charge in [-0.15, -0.1) is 0 Å². The quantitative estimate of drug-likeness (QED) is 0.736. The first kappa shape index (κ1) is 18.8. The van der Waals surface area contributed by atoms with Crippen LogP contribution in [0.25, 0.3) is 0 Å². The highest BCUT2D eigenvalue weighted by atomic mass is 32.2. The molecular weight excluding hydrogens is 266 g/mol. The number of aliphatic hydroxyl groups is 1. The molecule has 116 valence electrons. The van der Waals surface area contributed by atoms with Gasteiger partial charge in [-0.05, 0) is 18.8 Å². The fourth-order valence-corrected chi connectivity index (χ4v) is 2.47. The Kier molecular flexibility index (Phi) is 7.50. The molecule has 0 aromatic carbocycles. The fraction of sp³-hybridized carbons (Fsp3) is 1.00. The number of ether oxygens (including phenoxy) is 1. The maximum atomic E-state index is 11.6. The summed E-state index contributed by atoms with van der Waals surface area (Å²) in [6, 6.07) is 0. The number of hydrogen-bond donors (Lipinski definition) is 1. The Balaban J connectivity index is 4.74. The molecule has 0 spiro atoms. The van der Waals surface area contributed by atoms with Crippen molar-refractivity contribution in [1.29, 1.82) is 0 Å². The highest BCUT2D eigenvalue weighted by Gasteiger charge is 2.26. The van der Waals surface area contributed by atoms with Crippen LogP contribution in [-0.2, 0) is 14.8 Å². The van der Waals surface area contributed by atoms with Crippen molar-refractivity contribution in [3.05, 3.63) is 0 Å². The molecule has 0 rings (SSSR count). The van der Waals surface area contributed by atoms with Crippen molar-refractivity contribution in [3.8, 4) is 0 Å². The van der Waals surface area contributed by atoms with E-state index in [1.54, 1.807) is 6.92 Å². The number of rotatable bonds is 8. The number of aliphatic hydroxyl groups excluding tert-OH is 1. The van der Waals surface area contributed by atoms with Gasteiger partial charge in [0.15, 0.2) is 0 Å². The van der Waals surface area contributed by atoms with E-state index < -0.39 is 10.0 Å². The van der Waals surface area contributed by atoms with Gasteiger partial charge in [-0.2, -0.15) is 4.31 Å². The van der Waals surface area contributed by atoms with Crippen molar-refractivity contribution in [3.63, 3.8) is 0 Å². The minimum Gasteiger partial charge on any atom is -0.396 e. The first-order chi connectivity index (χ1) is 8.52. The average Bonchev–Trinajstić information content (AvgIpc) is 2.22. The average molecular weight is 295 g/mol. The normalized spacial score (nSPS) is 16.6. The molecule has 0 aliphatic carbocycles. The predicted octanol–water partition coefficient (Wildman–Crippen LogP) is 1.47. The van der Waals surface area contributed by atoms with E-state index in [2.05, 4.69) is 20.8 Å². The van der Waals surface area contributed by atoms with Gasteiger partial charge in [0.1, 0.15) is 0 Å². The smallest absolute Gasteiger partial charge is 0.211 e. The van der Waals surface area contributed by atoms with E-state index in [1.165, 1.54) is 10.6 Å². The third-order valence-electron chi connectivity index (χ3n) is 3.30. The van der Waals surface area contributed by atoms with Crippen LogP contribution in [0.1, 0.15) is 41.0 Å². The molecule has 0 aliphatic rings. The first-order valence-electron chi connectivity index (χ1n) is 6.73. The van der Waals surface area contributed by atoms with Crippen LogP contribution in [0, 0.1) is 5.41 Å². The van der Waals surface area contributed by atoms with Crippen molar-refractivity contribution in [1.82, 2.24) is 4.31 Å². The number of sulfonamides is 1. The molecule has 0 aromatic heterocycles. The van der Waals surface area contributed by atoms with Crippen LogP contribution in [0.5, 0.6) is 0 Å². The molecule has 0 fully saturated rings. The fourth-order valence-electron chi connectivity index (χ4n) is 1.57. The van der Waals surface area contributed by atoms with E-state index in [4.69, 9.17) is 9.84 Å². The highest BCUT2D eigenvalue weighted by Crippen LogP contribution is 2.24. The summed E-state index contributed by atoms with van der Waals surface area (Å²) in [6.07, 6.45) is 1.34. The van der Waals surface area contributed by atoms with E-state index in [0.717, 1.165) is 0 Å². The molecule has 0 aromatic rings. The second kappa shape index (κ2) is 7.57. The minimum absolute atomic E-state index is 0.0111. The molecule has 0 saturated heterocycles. The van der Waals surface area contributed by atoms with Gasteiger partial charge in [0.25, 0.3) is 0 Å². The van der Waals surface area contributed by atoms with Crippen molar-refractivity contribution in [2.75, 3.05) is 26.0 Å². The molecule has 0 aliphatic heterocycles. The van der Waals surface area contributed by atoms with Crippen LogP contribution in [-0.4, -0.2) is 56.0 Å². The first-order valence-corrected chi connectivity index (χ1v) is 8.58. The van der Waals surface area contributed by atoms with Gasteiger partial charge < -0.3 is 9.84 Å². The molecule has 2 atom stereocenters. The summed E-state index contributed by atoms with van der Waals surface area (Å²) < 4.78 is 30.5. The number of nitrogens with zero attached hydrogens (tertiary/aromatic N) is 1. The monoisotopic (exact) mass is 295 g/mol. The van der Waals surface area contributed by atoms with Crippen molar-refractivity contribution in [2.24, 2.45) is 5.41 Å². The molecule has 19 heavy (non-hydrogen) atoms. The molecule has 0 amide bonds. The van der Waals surface area contributed by atoms with Gasteiger partial charge in [-0.3, -0.25) is 0 Å². The molecular formula is C13H29NO4S. The van der Waals surface area contributed by atoms with Crippen LogP contribution in [0.4, 0.5) is 0 Å². The maximum Gasteiger partial charge on any atom is 0.211 e. The van der Waals surface area contributed by atoms with Gasteiger partial charge in [-0.1, -0.05) is 27.7 Å². The second-order valence-electron chi connectivity index (χ2n) is 5.99. The summed E-state index contributed by atoms with van der Waals surface area (Å²) in [5, 5.41) is 9.09. The highest BCUT2D eigenvalue weighted by molar-refractivity contribution is 7.88. The Morgan fingerprint density at radius 3 is 2.16 bits per heavy atom. The summed E-state index contributed by atoms with van der Waals surface area (Å²) in [5.74, 6) is 0. The van der Waals surface area contributed by atoms with E-state index in [1.807, 2.05) is 6.92 Å². The number of hydrogen-bond acceptors (Lipinski definition) is 4. The summed E-state index contributed by atoms with van der Waals surface area (Å²) in [4.78, 5) is 0. The molecule has 0 radical (unpaired) electrons. The third-order valence-corrected chi connectivity index (χ3v) is 4.64. The number of likely N-dealkylation sites (N-methyl/N-ethyl adjacent to an activating group) is 1. The zero-order valence-electron chi connectivity index (χ0n) is 13.0. The van der Waals surface area contributed by atoms with Gasteiger partial charge in [0.05, 0.1) is 18.5 Å². The van der Waals surface area contributed by atoms with Gasteiger partial charge in [0.2, 0.25) is 10.0 Å². The lowest BCUT2D eigenvalue weighted by atomic mass is 9.90. The summed E-state index contributed by atoms with van der Waals surface area (Å²) in [5.41, 5.74) is -0.0180. The summed E-state index contributed by atoms with van der Waals surface area (Å²) in [7, 11) is -3.23. The van der Waals surface area contributed by atoms with E-state index in [9.17, 15) is 8.42 Å². The molecule has 1 N–H and O–H groups in total. The minimum atomic E-state index is -3.23. The zero-order valence-corrected chi connectivity index (χ0v) is 13.8. The van der Waals surface area contributed by atoms with Crippen LogP contribution in [0.2, 0.25) is 0 Å². The SMILES string of the molecule is CCN(C[C@@H](CCO)O[C@@H](C)C(C)(C)C)S(C)(=O)=O. The van der Waals surface area contributed by atoms with Crippen molar-refractivity contribution < 1.29 is 18.3 Å². The van der Waals surface area contributed by atoms with Gasteiger partial charge >= 0.3 is 0 Å². The van der Waals surface area contributed by atoms with Crippen LogP contribution < -0.4 is 0 Å². The van der Waals surface area contributed by atoms with Crippen LogP contribution >= 0.6 is 0 Å². The summed E-state index contributed by atoms with van der Waals surface area (Å²) >= 11 is 0. The van der Waals surface area contributed by atoms with E-state index in [-0.39, 0.29) is 30.8 Å². The molecule has 0 saturated carbocycles. The van der Waals surface area contributed by atoms with E-state index in [0.29, 0.717) is 13.0 Å². The lowest BCUT2D eigenvalue weighted by molar-refractivity contribution is -0.0676. The molecule has 0 bridgehead atoms. The van der Waals surface area contributed by atoms with E-state index >= 15 is 0 Å². The Hall–Kier alpha value is -0.170. The Morgan fingerprint density at radius 1 is 1.32 bits per heavy atom. The predicted molar refractivity (Wildman–Crippen MR) is 77.6 cm³/mol. The third kappa shape index (κ3) is 7.25. The standard InChI is InChI=1S/C13H29NO4S/c1-7-14(19(6,16)17)10-12(8-9-15)18-11(2)13(3,4)5/h11-12,15H,7-10H2,1-6H3/t11-,12+/m0/s1. The zero-order chi connectivity index (χ0) is 15.3. The molecule has 5 nitrogen and oxygen atoms in total. The topological polar surface area (TPSA) is 66.8 Å². The van der Waals surface area contributed by atoms with Crippen molar-refractivity contribution >= 4 is 10.0 Å². The molecule has 6 heteroatoms. The Morgan fingerprint density at radius 2 is 1.84 bits per heavy atom. The summed E-state index contributed by atoms with van der Waals surface area (Å²) in [6.45, 7) is 10.7. The molecule has 0 heterocycles. The Bertz CT molecular complexity index is 348. The largest absolute Gasteiger partial charge is 0.396 e. The van der Waals surface area contributed by atoms with Gasteiger partial charge in [-0.25, -0.2) is 8.42 Å². The van der Waals surface area contributed by atoms with Crippen LogP contribution in [0.15, 0.2) is 0 Å². The van der Waals surface area contributed by atoms with Crippen LogP contribution in [0.3, 0.4) is 0 Å². The molecule has 0 unspecified atom stereocenters. The second-order valence-corrected chi connectivity index (χ2v) is 7.97. The Labute approximate surface area is 118 Å².